The Hall–Kier alpha value is -0.0800. The third kappa shape index (κ3) is 2.46. The highest BCUT2D eigenvalue weighted by Gasteiger charge is 2.21. The van der Waals surface area contributed by atoms with E-state index < -0.39 is 0 Å². The van der Waals surface area contributed by atoms with E-state index in [9.17, 15) is 0 Å². The fourth-order valence-electron chi connectivity index (χ4n) is 1.80. The van der Waals surface area contributed by atoms with Gasteiger partial charge in [0.1, 0.15) is 0 Å². The molecule has 0 heterocycles. The van der Waals surface area contributed by atoms with E-state index in [0.717, 1.165) is 6.04 Å². The first-order valence-corrected chi connectivity index (χ1v) is 4.43. The van der Waals surface area contributed by atoms with Crippen LogP contribution in [0.2, 0.25) is 0 Å². The fourth-order valence-corrected chi connectivity index (χ4v) is 1.80. The van der Waals surface area contributed by atoms with E-state index in [-0.39, 0.29) is 0 Å². The van der Waals surface area contributed by atoms with Gasteiger partial charge in [-0.3, -0.25) is 0 Å². The third-order valence-electron chi connectivity index (χ3n) is 2.71. The Balaban J connectivity index is 2.24. The molecule has 0 amide bonds. The van der Waals surface area contributed by atoms with Gasteiger partial charge < -0.3 is 9.64 Å². The molecule has 1 rings (SSSR count). The topological polar surface area (TPSA) is 12.5 Å². The molecule has 0 bridgehead atoms. The van der Waals surface area contributed by atoms with Crippen LogP contribution in [0, 0.1) is 0 Å². The molecule has 0 radical (unpaired) electrons. The van der Waals surface area contributed by atoms with E-state index in [2.05, 4.69) is 19.0 Å². The second-order valence-electron chi connectivity index (χ2n) is 3.63. The molecule has 1 aliphatic rings. The van der Waals surface area contributed by atoms with Crippen molar-refractivity contribution in [2.45, 2.75) is 37.8 Å². The van der Waals surface area contributed by atoms with Gasteiger partial charge in [-0.05, 0) is 39.8 Å². The van der Waals surface area contributed by atoms with Crippen molar-refractivity contribution in [2.75, 3.05) is 21.2 Å². The van der Waals surface area contributed by atoms with Crippen molar-refractivity contribution in [3.63, 3.8) is 0 Å². The summed E-state index contributed by atoms with van der Waals surface area (Å²) in [6, 6.07) is 0.793. The summed E-state index contributed by atoms with van der Waals surface area (Å²) in [5.41, 5.74) is 0. The van der Waals surface area contributed by atoms with Gasteiger partial charge in [-0.2, -0.15) is 0 Å². The first kappa shape index (κ1) is 9.01. The first-order valence-electron chi connectivity index (χ1n) is 4.43. The van der Waals surface area contributed by atoms with E-state index in [1.54, 1.807) is 0 Å². The summed E-state index contributed by atoms with van der Waals surface area (Å²) >= 11 is 0. The van der Waals surface area contributed by atoms with Crippen LogP contribution < -0.4 is 0 Å². The highest BCUT2D eigenvalue weighted by Crippen LogP contribution is 2.22. The average molecular weight is 157 g/mol. The van der Waals surface area contributed by atoms with Crippen LogP contribution in [-0.4, -0.2) is 38.3 Å². The molecule has 1 fully saturated rings. The van der Waals surface area contributed by atoms with E-state index >= 15 is 0 Å². The largest absolute Gasteiger partial charge is 0.381 e. The minimum Gasteiger partial charge on any atom is -0.381 e. The lowest BCUT2D eigenvalue weighted by Gasteiger charge is -2.31. The predicted octanol–water partition coefficient (Wildman–Crippen LogP) is 1.51. The molecule has 2 heteroatoms. The van der Waals surface area contributed by atoms with E-state index in [1.807, 2.05) is 7.11 Å². The highest BCUT2D eigenvalue weighted by molar-refractivity contribution is 4.76. The zero-order valence-electron chi connectivity index (χ0n) is 7.84. The third-order valence-corrected chi connectivity index (χ3v) is 2.71. The molecule has 11 heavy (non-hydrogen) atoms. The van der Waals surface area contributed by atoms with Crippen molar-refractivity contribution in [2.24, 2.45) is 0 Å². The van der Waals surface area contributed by atoms with Crippen LogP contribution >= 0.6 is 0 Å². The molecule has 66 valence electrons. The summed E-state index contributed by atoms with van der Waals surface area (Å²) in [7, 11) is 6.15. The fraction of sp³-hybridized carbons (Fsp3) is 1.00. The van der Waals surface area contributed by atoms with Gasteiger partial charge in [0.25, 0.3) is 0 Å². The van der Waals surface area contributed by atoms with Crippen molar-refractivity contribution in [3.05, 3.63) is 0 Å². The lowest BCUT2D eigenvalue weighted by atomic mass is 9.92. The molecule has 1 aliphatic carbocycles. The van der Waals surface area contributed by atoms with Gasteiger partial charge in [-0.1, -0.05) is 0 Å². The average Bonchev–Trinajstić information content (AvgIpc) is 2.05. The van der Waals surface area contributed by atoms with Crippen molar-refractivity contribution in [3.8, 4) is 0 Å². The quantitative estimate of drug-likeness (QED) is 0.602. The van der Waals surface area contributed by atoms with Crippen molar-refractivity contribution >= 4 is 0 Å². The van der Waals surface area contributed by atoms with Crippen LogP contribution in [0.1, 0.15) is 25.7 Å². The number of ether oxygens (including phenoxy) is 1. The molecule has 0 N–H and O–H groups in total. The maximum absolute atomic E-state index is 5.30. The lowest BCUT2D eigenvalue weighted by Crippen LogP contribution is -2.34. The summed E-state index contributed by atoms with van der Waals surface area (Å²) in [5.74, 6) is 0. The Morgan fingerprint density at radius 3 is 2.00 bits per heavy atom. The highest BCUT2D eigenvalue weighted by atomic mass is 16.5. The molecule has 0 aromatic rings. The molecule has 0 aromatic carbocycles. The molecule has 0 saturated heterocycles. The monoisotopic (exact) mass is 157 g/mol. The Labute approximate surface area is 69.5 Å². The van der Waals surface area contributed by atoms with Crippen LogP contribution in [0.15, 0.2) is 0 Å². The number of rotatable bonds is 2. The molecule has 0 unspecified atom stereocenters. The summed E-state index contributed by atoms with van der Waals surface area (Å²) < 4.78 is 5.30. The van der Waals surface area contributed by atoms with E-state index in [1.165, 1.54) is 25.7 Å². The van der Waals surface area contributed by atoms with Crippen LogP contribution in [-0.2, 0) is 4.74 Å². The molecule has 0 aliphatic heterocycles. The van der Waals surface area contributed by atoms with Gasteiger partial charge in [0.2, 0.25) is 0 Å². The molecule has 0 spiro atoms. The normalized spacial score (nSPS) is 32.7. The molecule has 1 saturated carbocycles. The van der Waals surface area contributed by atoms with E-state index in [4.69, 9.17) is 4.74 Å². The summed E-state index contributed by atoms with van der Waals surface area (Å²) in [6.07, 6.45) is 5.60. The second-order valence-corrected chi connectivity index (χ2v) is 3.63. The maximum atomic E-state index is 5.30. The molecule has 0 atom stereocenters. The van der Waals surface area contributed by atoms with Gasteiger partial charge in [0.15, 0.2) is 0 Å². The molecule has 2 nitrogen and oxygen atoms in total. The number of nitrogens with zero attached hydrogens (tertiary/aromatic N) is 1. The number of hydrogen-bond acceptors (Lipinski definition) is 2. The number of hydrogen-bond donors (Lipinski definition) is 0. The Morgan fingerprint density at radius 1 is 1.09 bits per heavy atom. The zero-order valence-corrected chi connectivity index (χ0v) is 7.84. The van der Waals surface area contributed by atoms with Crippen molar-refractivity contribution in [1.29, 1.82) is 0 Å². The first-order chi connectivity index (χ1) is 5.24. The maximum Gasteiger partial charge on any atom is 0.0572 e. The minimum absolute atomic E-state index is 0.534. The summed E-state index contributed by atoms with van der Waals surface area (Å²) in [4.78, 5) is 2.33. The van der Waals surface area contributed by atoms with Crippen LogP contribution in [0.3, 0.4) is 0 Å². The van der Waals surface area contributed by atoms with Crippen molar-refractivity contribution in [1.82, 2.24) is 4.90 Å². The zero-order chi connectivity index (χ0) is 8.27. The SMILES string of the molecule is COC1CCC(N(C)C)CC1. The van der Waals surface area contributed by atoms with Gasteiger partial charge in [0, 0.05) is 13.2 Å². The van der Waals surface area contributed by atoms with Crippen LogP contribution in [0.25, 0.3) is 0 Å². The van der Waals surface area contributed by atoms with Gasteiger partial charge >= 0.3 is 0 Å². The van der Waals surface area contributed by atoms with Crippen molar-refractivity contribution < 1.29 is 4.74 Å². The Morgan fingerprint density at radius 2 is 1.64 bits per heavy atom. The Kier molecular flexibility index (Phi) is 3.34. The van der Waals surface area contributed by atoms with E-state index in [0.29, 0.717) is 6.10 Å². The Bertz CT molecular complexity index is 106. The smallest absolute Gasteiger partial charge is 0.0572 e. The minimum atomic E-state index is 0.534. The second kappa shape index (κ2) is 4.07. The summed E-state index contributed by atoms with van der Waals surface area (Å²) in [5, 5.41) is 0. The molecular formula is C9H19NO. The lowest BCUT2D eigenvalue weighted by molar-refractivity contribution is 0.0486. The standard InChI is InChI=1S/C9H19NO/c1-10(2)8-4-6-9(11-3)7-5-8/h8-9H,4-7H2,1-3H3. The van der Waals surface area contributed by atoms with Gasteiger partial charge in [-0.15, -0.1) is 0 Å². The summed E-state index contributed by atoms with van der Waals surface area (Å²) in [6.45, 7) is 0. The van der Waals surface area contributed by atoms with Crippen LogP contribution in [0.4, 0.5) is 0 Å². The molecule has 0 aromatic heterocycles. The van der Waals surface area contributed by atoms with Gasteiger partial charge in [0.05, 0.1) is 6.10 Å². The van der Waals surface area contributed by atoms with Crippen LogP contribution in [0.5, 0.6) is 0 Å². The molecular weight excluding hydrogens is 138 g/mol. The predicted molar refractivity (Wildman–Crippen MR) is 46.7 cm³/mol. The van der Waals surface area contributed by atoms with Gasteiger partial charge in [-0.25, -0.2) is 0 Å². The number of methoxy groups -OCH3 is 1.